The molecule has 0 heterocycles. The summed E-state index contributed by atoms with van der Waals surface area (Å²) >= 11 is 0. The van der Waals surface area contributed by atoms with Crippen molar-refractivity contribution in [2.45, 2.75) is 193 Å². The summed E-state index contributed by atoms with van der Waals surface area (Å²) in [5.74, 6) is -1.09. The molecule has 0 saturated heterocycles. The highest BCUT2D eigenvalue weighted by molar-refractivity contribution is 7.47. The van der Waals surface area contributed by atoms with Crippen LogP contribution in [-0.2, 0) is 32.7 Å². The molecule has 0 aromatic rings. The van der Waals surface area contributed by atoms with Crippen molar-refractivity contribution in [1.82, 2.24) is 0 Å². The summed E-state index contributed by atoms with van der Waals surface area (Å²) in [4.78, 5) is 34.6. The second-order valence-corrected chi connectivity index (χ2v) is 16.8. The number of carbonyl (C=O) groups excluding carboxylic acids is 2. The number of carbonyl (C=O) groups is 2. The SMILES string of the molecule is CC/C=C\C/C=C\C/C=C\C/C=C\C/C=C\CCCC(=O)OC(CO)COP(=O)(O)OCC(CO)OC(=O)CCCCCCCCCCC/C=C\C/C=C\CCCCCCC. The Balaban J connectivity index is 3.96. The highest BCUT2D eigenvalue weighted by atomic mass is 31.2. The van der Waals surface area contributed by atoms with Crippen molar-refractivity contribution in [3.8, 4) is 0 Å². The van der Waals surface area contributed by atoms with E-state index in [1.807, 2.05) is 12.2 Å². The van der Waals surface area contributed by atoms with Gasteiger partial charge in [0.25, 0.3) is 0 Å². The first-order valence-electron chi connectivity index (χ1n) is 23.5. The predicted octanol–water partition coefficient (Wildman–Crippen LogP) is 13.0. The number of allylic oxidation sites excluding steroid dienone is 14. The Hall–Kier alpha value is -2.85. The summed E-state index contributed by atoms with van der Waals surface area (Å²) < 4.78 is 32.6. The van der Waals surface area contributed by atoms with Crippen molar-refractivity contribution >= 4 is 19.8 Å². The molecule has 3 unspecified atom stereocenters. The van der Waals surface area contributed by atoms with Crippen LogP contribution in [0.15, 0.2) is 85.1 Å². The van der Waals surface area contributed by atoms with Crippen molar-refractivity contribution in [2.75, 3.05) is 26.4 Å². The quantitative estimate of drug-likeness (QED) is 0.0234. The molecular formula is C50H85O10P. The molecule has 61 heavy (non-hydrogen) atoms. The van der Waals surface area contributed by atoms with Gasteiger partial charge in [0.15, 0.2) is 0 Å². The van der Waals surface area contributed by atoms with Crippen molar-refractivity contribution < 1.29 is 47.8 Å². The number of aliphatic hydroxyl groups is 2. The molecule has 0 bridgehead atoms. The number of rotatable bonds is 43. The molecule has 0 fully saturated rings. The van der Waals surface area contributed by atoms with Gasteiger partial charge in [-0.1, -0.05) is 170 Å². The van der Waals surface area contributed by atoms with Gasteiger partial charge >= 0.3 is 19.8 Å². The largest absolute Gasteiger partial charge is 0.472 e. The van der Waals surface area contributed by atoms with E-state index in [0.29, 0.717) is 19.3 Å². The predicted molar refractivity (Wildman–Crippen MR) is 251 cm³/mol. The lowest BCUT2D eigenvalue weighted by molar-refractivity contribution is -0.153. The van der Waals surface area contributed by atoms with Crippen molar-refractivity contribution in [2.24, 2.45) is 0 Å². The summed E-state index contributed by atoms with van der Waals surface area (Å²) in [5.41, 5.74) is 0. The lowest BCUT2D eigenvalue weighted by Gasteiger charge is -2.20. The van der Waals surface area contributed by atoms with Crippen LogP contribution in [-0.4, -0.2) is 65.7 Å². The molecule has 0 rings (SSSR count). The molecule has 0 spiro atoms. The lowest BCUT2D eigenvalue weighted by atomic mass is 10.1. The van der Waals surface area contributed by atoms with E-state index in [2.05, 4.69) is 86.8 Å². The fourth-order valence-corrected chi connectivity index (χ4v) is 6.79. The smallest absolute Gasteiger partial charge is 0.457 e. The average molecular weight is 877 g/mol. The van der Waals surface area contributed by atoms with Gasteiger partial charge in [0.1, 0.15) is 12.2 Å². The highest BCUT2D eigenvalue weighted by Crippen LogP contribution is 2.43. The van der Waals surface area contributed by atoms with Gasteiger partial charge in [0.2, 0.25) is 0 Å². The Labute approximate surface area is 371 Å². The van der Waals surface area contributed by atoms with Gasteiger partial charge in [-0.15, -0.1) is 0 Å². The van der Waals surface area contributed by atoms with Crippen LogP contribution < -0.4 is 0 Å². The first kappa shape index (κ1) is 58.1. The van der Waals surface area contributed by atoms with E-state index < -0.39 is 58.4 Å². The van der Waals surface area contributed by atoms with Gasteiger partial charge in [0.05, 0.1) is 26.4 Å². The Bertz CT molecular complexity index is 1280. The number of unbranched alkanes of at least 4 members (excludes halogenated alkanes) is 15. The molecule has 3 N–H and O–H groups in total. The van der Waals surface area contributed by atoms with Crippen molar-refractivity contribution in [3.63, 3.8) is 0 Å². The molecule has 0 amide bonds. The molecule has 0 saturated carbocycles. The zero-order chi connectivity index (χ0) is 44.8. The molecule has 0 aromatic carbocycles. The normalized spacial score (nSPS) is 14.5. The van der Waals surface area contributed by atoms with E-state index in [1.54, 1.807) is 0 Å². The van der Waals surface area contributed by atoms with E-state index in [1.165, 1.54) is 70.6 Å². The van der Waals surface area contributed by atoms with E-state index >= 15 is 0 Å². The van der Waals surface area contributed by atoms with Crippen molar-refractivity contribution in [1.29, 1.82) is 0 Å². The topological polar surface area (TPSA) is 149 Å². The maximum absolute atomic E-state index is 12.4. The molecular weight excluding hydrogens is 792 g/mol. The lowest BCUT2D eigenvalue weighted by Crippen LogP contribution is -2.28. The fraction of sp³-hybridized carbons (Fsp3) is 0.680. The fourth-order valence-electron chi connectivity index (χ4n) is 6.00. The van der Waals surface area contributed by atoms with Gasteiger partial charge in [-0.25, -0.2) is 4.57 Å². The first-order chi connectivity index (χ1) is 29.8. The van der Waals surface area contributed by atoms with Crippen LogP contribution in [0.5, 0.6) is 0 Å². The Morgan fingerprint density at radius 2 is 0.787 bits per heavy atom. The summed E-state index contributed by atoms with van der Waals surface area (Å²) in [6.07, 6.45) is 54.2. The van der Waals surface area contributed by atoms with Crippen LogP contribution in [0.4, 0.5) is 0 Å². The van der Waals surface area contributed by atoms with Crippen LogP contribution in [0.25, 0.3) is 0 Å². The number of phosphoric acid groups is 1. The Morgan fingerprint density at radius 3 is 1.18 bits per heavy atom. The number of aliphatic hydroxyl groups excluding tert-OH is 2. The maximum Gasteiger partial charge on any atom is 0.472 e. The summed E-state index contributed by atoms with van der Waals surface area (Å²) in [7, 11) is -4.66. The second-order valence-electron chi connectivity index (χ2n) is 15.4. The summed E-state index contributed by atoms with van der Waals surface area (Å²) in [6.45, 7) is 2.01. The van der Waals surface area contributed by atoms with Gasteiger partial charge in [-0.3, -0.25) is 18.6 Å². The summed E-state index contributed by atoms with van der Waals surface area (Å²) in [5, 5.41) is 19.2. The summed E-state index contributed by atoms with van der Waals surface area (Å²) in [6, 6.07) is 0. The maximum atomic E-state index is 12.4. The third-order valence-electron chi connectivity index (χ3n) is 9.59. The third-order valence-corrected chi connectivity index (χ3v) is 10.5. The minimum atomic E-state index is -4.66. The zero-order valence-corrected chi connectivity index (χ0v) is 39.0. The number of esters is 2. The molecule has 0 aliphatic carbocycles. The molecule has 350 valence electrons. The highest BCUT2D eigenvalue weighted by Gasteiger charge is 2.27. The van der Waals surface area contributed by atoms with E-state index in [-0.39, 0.29) is 12.8 Å². The van der Waals surface area contributed by atoms with Crippen LogP contribution in [0.1, 0.15) is 181 Å². The minimum absolute atomic E-state index is 0.109. The van der Waals surface area contributed by atoms with Gasteiger partial charge in [0, 0.05) is 12.8 Å². The van der Waals surface area contributed by atoms with Gasteiger partial charge in [-0.05, 0) is 83.5 Å². The van der Waals surface area contributed by atoms with Crippen LogP contribution >= 0.6 is 7.82 Å². The van der Waals surface area contributed by atoms with Crippen molar-refractivity contribution in [3.05, 3.63) is 85.1 Å². The Morgan fingerprint density at radius 1 is 0.459 bits per heavy atom. The molecule has 0 radical (unpaired) electrons. The van der Waals surface area contributed by atoms with E-state index in [9.17, 15) is 29.3 Å². The van der Waals surface area contributed by atoms with Crippen LogP contribution in [0.2, 0.25) is 0 Å². The molecule has 11 heteroatoms. The van der Waals surface area contributed by atoms with E-state index in [0.717, 1.165) is 64.2 Å². The minimum Gasteiger partial charge on any atom is -0.457 e. The molecule has 0 aliphatic heterocycles. The second kappa shape index (κ2) is 45.2. The average Bonchev–Trinajstić information content (AvgIpc) is 3.25. The zero-order valence-electron chi connectivity index (χ0n) is 38.1. The molecule has 0 aliphatic rings. The Kier molecular flexibility index (Phi) is 43.1. The standard InChI is InChI=1S/C50H85O10P/c1-3-5-7-9-11-13-15-17-19-21-22-23-24-26-28-30-32-34-36-38-40-42-50(54)60-48(44-52)46-58-61(55,56)57-45-47(43-51)59-49(53)41-39-37-35-33-31-29-27-25-20-18-16-14-12-10-8-6-4-2/h6,8,12,14-15,17-18,20-22,27,29,33,35,47-48,51-52H,3-5,7,9-11,13,16,19,23-26,28,30-32,34,36-46H2,1-2H3,(H,55,56)/b8-6-,14-12-,17-15-,20-18-,22-21-,29-27-,35-33-. The first-order valence-corrected chi connectivity index (χ1v) is 25.0. The number of hydrogen-bond acceptors (Lipinski definition) is 9. The van der Waals surface area contributed by atoms with Gasteiger partial charge < -0.3 is 24.6 Å². The van der Waals surface area contributed by atoms with E-state index in [4.69, 9.17) is 18.5 Å². The molecule has 3 atom stereocenters. The number of hydrogen-bond donors (Lipinski definition) is 3. The number of phosphoric ester groups is 1. The monoisotopic (exact) mass is 877 g/mol. The molecule has 10 nitrogen and oxygen atoms in total. The third kappa shape index (κ3) is 43.6. The molecule has 0 aromatic heterocycles. The number of ether oxygens (including phenoxy) is 2. The van der Waals surface area contributed by atoms with Crippen LogP contribution in [0, 0.1) is 0 Å². The van der Waals surface area contributed by atoms with Crippen LogP contribution in [0.3, 0.4) is 0 Å². The van der Waals surface area contributed by atoms with Gasteiger partial charge in [-0.2, -0.15) is 0 Å².